The first-order valence-corrected chi connectivity index (χ1v) is 12.1. The van der Waals surface area contributed by atoms with Crippen molar-refractivity contribution < 1.29 is 43.9 Å². The SMILES string of the molecule is C=Cc1c(N)c(F)c(F)c(C(N)=C2C(=C(N)c3c(F)c(F)c(C#N)c(F)c3F)C2=C(C#N)c2c(F)c(F)c(N)c(C=C)c2F)c1F. The van der Waals surface area contributed by atoms with E-state index in [1.165, 1.54) is 6.07 Å². The van der Waals surface area contributed by atoms with Gasteiger partial charge >= 0.3 is 0 Å². The van der Waals surface area contributed by atoms with Gasteiger partial charge in [-0.3, -0.25) is 0 Å². The van der Waals surface area contributed by atoms with Crippen LogP contribution in [-0.2, 0) is 0 Å². The number of nitrogen functional groups attached to an aromatic ring is 2. The number of benzene rings is 3. The summed E-state index contributed by atoms with van der Waals surface area (Å²) in [4.78, 5) is 0. The van der Waals surface area contributed by atoms with Crippen LogP contribution in [0.5, 0.6) is 0 Å². The highest BCUT2D eigenvalue weighted by Gasteiger charge is 2.44. The molecule has 3 aromatic carbocycles. The molecule has 3 aromatic rings. The van der Waals surface area contributed by atoms with Gasteiger partial charge in [-0.1, -0.05) is 25.3 Å². The van der Waals surface area contributed by atoms with Gasteiger partial charge in [0.2, 0.25) is 0 Å². The second-order valence-electron chi connectivity index (χ2n) is 9.25. The number of nitrogens with zero attached hydrogens (tertiary/aromatic N) is 2. The number of nitrogens with two attached hydrogens (primary N) is 4. The zero-order valence-corrected chi connectivity index (χ0v) is 22.6. The summed E-state index contributed by atoms with van der Waals surface area (Å²) in [6, 6.07) is 2.16. The molecule has 8 N–H and O–H groups in total. The molecule has 1 fully saturated rings. The van der Waals surface area contributed by atoms with E-state index < -0.39 is 137 Å². The Morgan fingerprint density at radius 2 is 0.870 bits per heavy atom. The predicted octanol–water partition coefficient (Wildman–Crippen LogP) is 6.43. The minimum absolute atomic E-state index is 0.630. The molecule has 1 saturated carbocycles. The molecule has 46 heavy (non-hydrogen) atoms. The van der Waals surface area contributed by atoms with Gasteiger partial charge in [-0.05, 0) is 0 Å². The second kappa shape index (κ2) is 11.4. The molecule has 0 heterocycles. The number of hydrogen-bond donors (Lipinski definition) is 4. The summed E-state index contributed by atoms with van der Waals surface area (Å²) >= 11 is 0. The summed E-state index contributed by atoms with van der Waals surface area (Å²) in [6.07, 6.45) is 1.28. The molecule has 0 spiro atoms. The van der Waals surface area contributed by atoms with Crippen molar-refractivity contribution in [2.45, 2.75) is 0 Å². The van der Waals surface area contributed by atoms with Crippen molar-refractivity contribution in [1.29, 1.82) is 10.5 Å². The smallest absolute Gasteiger partial charge is 0.183 e. The topological polar surface area (TPSA) is 152 Å². The van der Waals surface area contributed by atoms with E-state index in [9.17, 15) is 31.6 Å². The van der Waals surface area contributed by atoms with E-state index in [0.29, 0.717) is 12.2 Å². The van der Waals surface area contributed by atoms with Crippen LogP contribution >= 0.6 is 0 Å². The van der Waals surface area contributed by atoms with Crippen LogP contribution < -0.4 is 22.9 Å². The number of anilines is 2. The number of rotatable bonds is 5. The minimum Gasteiger partial charge on any atom is -0.398 e. The largest absolute Gasteiger partial charge is 0.398 e. The van der Waals surface area contributed by atoms with Gasteiger partial charge < -0.3 is 22.9 Å². The van der Waals surface area contributed by atoms with Crippen molar-refractivity contribution in [2.75, 3.05) is 11.5 Å². The van der Waals surface area contributed by atoms with Crippen molar-refractivity contribution in [3.63, 3.8) is 0 Å². The molecule has 1 aliphatic carbocycles. The minimum atomic E-state index is -2.28. The lowest BCUT2D eigenvalue weighted by atomic mass is 9.98. The Morgan fingerprint density at radius 1 is 0.522 bits per heavy atom. The maximum Gasteiger partial charge on any atom is 0.183 e. The monoisotopic (exact) mass is 648 g/mol. The highest BCUT2D eigenvalue weighted by Crippen LogP contribution is 2.56. The molecule has 0 aromatic heterocycles. The van der Waals surface area contributed by atoms with Crippen molar-refractivity contribution in [2.24, 2.45) is 11.5 Å². The highest BCUT2D eigenvalue weighted by molar-refractivity contribution is 6.08. The summed E-state index contributed by atoms with van der Waals surface area (Å²) < 4.78 is 149. The first-order valence-electron chi connectivity index (χ1n) is 12.1. The van der Waals surface area contributed by atoms with Crippen LogP contribution in [0.1, 0.15) is 33.4 Å². The normalized spacial score (nSPS) is 15.6. The van der Waals surface area contributed by atoms with Gasteiger partial charge in [0.15, 0.2) is 46.5 Å². The van der Waals surface area contributed by atoms with Gasteiger partial charge in [0, 0.05) is 27.8 Å². The molecule has 1 aliphatic rings. The molecule has 0 saturated heterocycles. The molecule has 0 amide bonds. The Hall–Kier alpha value is -6.16. The van der Waals surface area contributed by atoms with Gasteiger partial charge in [0.25, 0.3) is 0 Å². The van der Waals surface area contributed by atoms with Gasteiger partial charge in [-0.25, -0.2) is 43.9 Å². The molecule has 0 atom stereocenters. The first-order chi connectivity index (χ1) is 21.5. The summed E-state index contributed by atoms with van der Waals surface area (Å²) in [5.74, 6) is -20.4. The maximum absolute atomic E-state index is 15.5. The molecule has 16 heteroatoms. The van der Waals surface area contributed by atoms with E-state index in [-0.39, 0.29) is 0 Å². The standard InChI is InChI=1S/C30H14F10N6/c1-3-7-17(31)12(21(35)25(39)27(7)43)9(5-41)11-13(29(45)15-18(32)8(4-2)28(44)26(40)24(15)38)14(11)30(46)16-22(36)19(33)10(6-42)20(34)23(16)37/h3-4H,1-2,43-46H2. The van der Waals surface area contributed by atoms with Crippen molar-refractivity contribution >= 4 is 40.5 Å². The van der Waals surface area contributed by atoms with Crippen molar-refractivity contribution in [3.8, 4) is 12.1 Å². The van der Waals surface area contributed by atoms with Crippen LogP contribution in [0.4, 0.5) is 55.3 Å². The average molecular weight is 648 g/mol. The van der Waals surface area contributed by atoms with Crippen LogP contribution in [-0.4, -0.2) is 0 Å². The molecule has 0 unspecified atom stereocenters. The third-order valence-corrected chi connectivity index (χ3v) is 6.95. The lowest BCUT2D eigenvalue weighted by Gasteiger charge is -2.12. The molecule has 234 valence electrons. The Kier molecular flexibility index (Phi) is 8.12. The van der Waals surface area contributed by atoms with Gasteiger partial charge in [-0.2, -0.15) is 10.5 Å². The van der Waals surface area contributed by atoms with E-state index in [0.717, 1.165) is 6.07 Å². The fourth-order valence-corrected chi connectivity index (χ4v) is 4.68. The Morgan fingerprint density at radius 3 is 1.24 bits per heavy atom. The van der Waals surface area contributed by atoms with E-state index >= 15 is 17.6 Å². The van der Waals surface area contributed by atoms with E-state index in [1.54, 1.807) is 0 Å². The lowest BCUT2D eigenvalue weighted by molar-refractivity contribution is 0.446. The average Bonchev–Trinajstić information content (AvgIpc) is 3.76. The molecule has 4 rings (SSSR count). The lowest BCUT2D eigenvalue weighted by Crippen LogP contribution is -2.11. The van der Waals surface area contributed by atoms with Crippen LogP contribution in [0, 0.1) is 80.8 Å². The maximum atomic E-state index is 15.5. The van der Waals surface area contributed by atoms with E-state index in [2.05, 4.69) is 13.2 Å². The third-order valence-electron chi connectivity index (χ3n) is 6.95. The zero-order valence-electron chi connectivity index (χ0n) is 22.6. The van der Waals surface area contributed by atoms with Gasteiger partial charge in [0.1, 0.15) is 29.3 Å². The zero-order chi connectivity index (χ0) is 34.7. The quantitative estimate of drug-likeness (QED) is 0.108. The second-order valence-corrected chi connectivity index (χ2v) is 9.25. The highest BCUT2D eigenvalue weighted by atomic mass is 19.2. The Labute approximate surface area is 251 Å². The van der Waals surface area contributed by atoms with Gasteiger partial charge in [-0.15, -0.1) is 0 Å². The number of nitriles is 2. The fourth-order valence-electron chi connectivity index (χ4n) is 4.68. The van der Waals surface area contributed by atoms with Crippen LogP contribution in [0.3, 0.4) is 0 Å². The summed E-state index contributed by atoms with van der Waals surface area (Å²) in [7, 11) is 0. The van der Waals surface area contributed by atoms with Crippen LogP contribution in [0.15, 0.2) is 29.9 Å². The Balaban J connectivity index is 2.30. The third kappa shape index (κ3) is 4.42. The number of allylic oxidation sites excluding steroid dienone is 4. The fraction of sp³-hybridized carbons (Fsp3) is 0. The molecule has 0 aliphatic heterocycles. The first kappa shape index (κ1) is 32.7. The summed E-state index contributed by atoms with van der Waals surface area (Å²) in [6.45, 7) is 6.40. The molecule has 0 bridgehead atoms. The molecule has 0 radical (unpaired) electrons. The van der Waals surface area contributed by atoms with E-state index in [1.807, 2.05) is 0 Å². The van der Waals surface area contributed by atoms with E-state index in [4.69, 9.17) is 28.2 Å². The van der Waals surface area contributed by atoms with Gasteiger partial charge in [0.05, 0.1) is 45.0 Å². The Bertz CT molecular complexity index is 2120. The van der Waals surface area contributed by atoms with Crippen molar-refractivity contribution in [3.05, 3.63) is 121 Å². The molecular weight excluding hydrogens is 634 g/mol. The molecule has 6 nitrogen and oxygen atoms in total. The summed E-state index contributed by atoms with van der Waals surface area (Å²) in [5, 5.41) is 18.8. The predicted molar refractivity (Wildman–Crippen MR) is 147 cm³/mol. The van der Waals surface area contributed by atoms with Crippen molar-refractivity contribution in [1.82, 2.24) is 0 Å². The number of hydrogen-bond acceptors (Lipinski definition) is 6. The van der Waals surface area contributed by atoms with Crippen LogP contribution in [0.2, 0.25) is 0 Å². The number of halogens is 10. The molecular formula is C30H14F10N6. The van der Waals surface area contributed by atoms with Crippen LogP contribution in [0.25, 0.3) is 29.1 Å². The summed E-state index contributed by atoms with van der Waals surface area (Å²) in [5.41, 5.74) is 5.33.